The van der Waals surface area contributed by atoms with E-state index in [0.29, 0.717) is 42.8 Å². The molecule has 1 aromatic rings. The van der Waals surface area contributed by atoms with Crippen molar-refractivity contribution in [1.29, 1.82) is 0 Å². The van der Waals surface area contributed by atoms with E-state index in [1.165, 1.54) is 10.4 Å². The highest BCUT2D eigenvalue weighted by Gasteiger charge is 2.37. The van der Waals surface area contributed by atoms with Crippen LogP contribution in [-0.4, -0.2) is 49.8 Å². The van der Waals surface area contributed by atoms with Gasteiger partial charge in [-0.1, -0.05) is 6.92 Å². The largest absolute Gasteiger partial charge is 0.478 e. The SMILES string of the molecule is CC[C@@H]1Oc2cc(S(=O)(=O)N3CCC[C@H](C(=O)NC4CC4)C3)c(C)cc2NC1=O. The van der Waals surface area contributed by atoms with E-state index in [9.17, 15) is 18.0 Å². The van der Waals surface area contributed by atoms with Crippen molar-refractivity contribution in [3.8, 4) is 5.75 Å². The highest BCUT2D eigenvalue weighted by molar-refractivity contribution is 7.89. The van der Waals surface area contributed by atoms with Gasteiger partial charge in [0.05, 0.1) is 16.5 Å². The fourth-order valence-corrected chi connectivity index (χ4v) is 5.64. The molecule has 3 aliphatic rings. The van der Waals surface area contributed by atoms with Crippen LogP contribution in [0, 0.1) is 12.8 Å². The summed E-state index contributed by atoms with van der Waals surface area (Å²) in [5, 5.41) is 5.76. The van der Waals surface area contributed by atoms with Gasteiger partial charge in [0.2, 0.25) is 15.9 Å². The number of carbonyl (C=O) groups is 2. The van der Waals surface area contributed by atoms with Crippen LogP contribution in [0.15, 0.2) is 17.0 Å². The van der Waals surface area contributed by atoms with Crippen molar-refractivity contribution in [3.05, 3.63) is 17.7 Å². The minimum Gasteiger partial charge on any atom is -0.478 e. The molecule has 2 N–H and O–H groups in total. The number of benzene rings is 1. The molecule has 1 aromatic carbocycles. The van der Waals surface area contributed by atoms with Gasteiger partial charge < -0.3 is 15.4 Å². The molecule has 29 heavy (non-hydrogen) atoms. The summed E-state index contributed by atoms with van der Waals surface area (Å²) in [6, 6.07) is 3.39. The molecule has 9 heteroatoms. The summed E-state index contributed by atoms with van der Waals surface area (Å²) in [5.74, 6) is -0.236. The van der Waals surface area contributed by atoms with Crippen LogP contribution in [0.25, 0.3) is 0 Å². The van der Waals surface area contributed by atoms with Crippen molar-refractivity contribution >= 4 is 27.5 Å². The fourth-order valence-electron chi connectivity index (χ4n) is 3.89. The van der Waals surface area contributed by atoms with Crippen LogP contribution in [0.4, 0.5) is 5.69 Å². The molecule has 2 amide bonds. The third kappa shape index (κ3) is 3.98. The maximum atomic E-state index is 13.4. The second-order valence-corrected chi connectivity index (χ2v) is 10.0. The number of hydrogen-bond donors (Lipinski definition) is 2. The smallest absolute Gasteiger partial charge is 0.265 e. The monoisotopic (exact) mass is 421 g/mol. The Kier molecular flexibility index (Phi) is 5.29. The summed E-state index contributed by atoms with van der Waals surface area (Å²) >= 11 is 0. The molecule has 2 fully saturated rings. The van der Waals surface area contributed by atoms with Gasteiger partial charge in [-0.2, -0.15) is 4.31 Å². The Bertz CT molecular complexity index is 942. The summed E-state index contributed by atoms with van der Waals surface area (Å²) in [7, 11) is -3.78. The van der Waals surface area contributed by atoms with E-state index in [-0.39, 0.29) is 35.2 Å². The molecular formula is C20H27N3O5S. The van der Waals surface area contributed by atoms with Crippen LogP contribution in [0.3, 0.4) is 0 Å². The second-order valence-electron chi connectivity index (χ2n) is 8.10. The van der Waals surface area contributed by atoms with E-state index < -0.39 is 16.1 Å². The van der Waals surface area contributed by atoms with Gasteiger partial charge in [-0.3, -0.25) is 9.59 Å². The Morgan fingerprint density at radius 3 is 2.76 bits per heavy atom. The number of hydrogen-bond acceptors (Lipinski definition) is 5. The van der Waals surface area contributed by atoms with E-state index in [1.807, 2.05) is 6.92 Å². The third-order valence-corrected chi connectivity index (χ3v) is 7.77. The number of nitrogens with one attached hydrogen (secondary N) is 2. The molecule has 1 saturated carbocycles. The number of piperidine rings is 1. The summed E-state index contributed by atoms with van der Waals surface area (Å²) in [6.45, 7) is 4.11. The Hall–Kier alpha value is -2.13. The molecule has 8 nitrogen and oxygen atoms in total. The molecular weight excluding hydrogens is 394 g/mol. The lowest BCUT2D eigenvalue weighted by Crippen LogP contribution is -2.46. The van der Waals surface area contributed by atoms with Gasteiger partial charge in [-0.05, 0) is 50.7 Å². The average Bonchev–Trinajstić information content (AvgIpc) is 3.51. The lowest BCUT2D eigenvalue weighted by atomic mass is 9.99. The molecule has 158 valence electrons. The van der Waals surface area contributed by atoms with Crippen LogP contribution in [-0.2, 0) is 19.6 Å². The van der Waals surface area contributed by atoms with Crippen molar-refractivity contribution < 1.29 is 22.7 Å². The van der Waals surface area contributed by atoms with Crippen molar-refractivity contribution in [2.75, 3.05) is 18.4 Å². The maximum absolute atomic E-state index is 13.4. The zero-order valence-corrected chi connectivity index (χ0v) is 17.5. The zero-order chi connectivity index (χ0) is 20.8. The number of sulfonamides is 1. The Morgan fingerprint density at radius 1 is 1.31 bits per heavy atom. The molecule has 4 rings (SSSR count). The molecule has 2 heterocycles. The Balaban J connectivity index is 1.58. The number of anilines is 1. The average molecular weight is 422 g/mol. The van der Waals surface area contributed by atoms with Crippen LogP contribution in [0.1, 0.15) is 44.6 Å². The van der Waals surface area contributed by atoms with Crippen molar-refractivity contribution in [2.24, 2.45) is 5.92 Å². The summed E-state index contributed by atoms with van der Waals surface area (Å²) < 4.78 is 33.9. The van der Waals surface area contributed by atoms with Gasteiger partial charge in [0.25, 0.3) is 5.91 Å². The first-order valence-corrected chi connectivity index (χ1v) is 11.7. The third-order valence-electron chi connectivity index (χ3n) is 5.76. The van der Waals surface area contributed by atoms with E-state index in [4.69, 9.17) is 4.74 Å². The lowest BCUT2D eigenvalue weighted by Gasteiger charge is -2.32. The van der Waals surface area contributed by atoms with Gasteiger partial charge in [0.1, 0.15) is 5.75 Å². The van der Waals surface area contributed by atoms with Gasteiger partial charge in [-0.25, -0.2) is 8.42 Å². The van der Waals surface area contributed by atoms with E-state index >= 15 is 0 Å². The molecule has 0 bridgehead atoms. The number of nitrogens with zero attached hydrogens (tertiary/aromatic N) is 1. The van der Waals surface area contributed by atoms with Crippen LogP contribution in [0.2, 0.25) is 0 Å². The normalized spacial score (nSPS) is 25.0. The first-order chi connectivity index (χ1) is 13.8. The summed E-state index contributed by atoms with van der Waals surface area (Å²) in [4.78, 5) is 24.6. The van der Waals surface area contributed by atoms with Gasteiger partial charge in [-0.15, -0.1) is 0 Å². The number of carbonyl (C=O) groups excluding carboxylic acids is 2. The molecule has 0 radical (unpaired) electrons. The maximum Gasteiger partial charge on any atom is 0.265 e. The predicted molar refractivity (Wildman–Crippen MR) is 107 cm³/mol. The van der Waals surface area contributed by atoms with Crippen LogP contribution >= 0.6 is 0 Å². The van der Waals surface area contributed by atoms with Crippen LogP contribution in [0.5, 0.6) is 5.75 Å². The predicted octanol–water partition coefficient (Wildman–Crippen LogP) is 1.78. The Labute approximate surface area is 171 Å². The molecule has 1 aliphatic carbocycles. The summed E-state index contributed by atoms with van der Waals surface area (Å²) in [6.07, 6.45) is 3.21. The lowest BCUT2D eigenvalue weighted by molar-refractivity contribution is -0.126. The van der Waals surface area contributed by atoms with Gasteiger partial charge in [0, 0.05) is 25.2 Å². The molecule has 0 aromatic heterocycles. The molecule has 0 spiro atoms. The van der Waals surface area contributed by atoms with Crippen molar-refractivity contribution in [1.82, 2.24) is 9.62 Å². The van der Waals surface area contributed by atoms with E-state index in [1.54, 1.807) is 13.0 Å². The number of amides is 2. The quantitative estimate of drug-likeness (QED) is 0.754. The summed E-state index contributed by atoms with van der Waals surface area (Å²) in [5.41, 5.74) is 1.02. The first-order valence-electron chi connectivity index (χ1n) is 10.2. The molecule has 0 unspecified atom stereocenters. The van der Waals surface area contributed by atoms with Crippen molar-refractivity contribution in [2.45, 2.75) is 63.0 Å². The van der Waals surface area contributed by atoms with Gasteiger partial charge in [0.15, 0.2) is 6.10 Å². The highest BCUT2D eigenvalue weighted by Crippen LogP contribution is 2.36. The molecule has 2 atom stereocenters. The van der Waals surface area contributed by atoms with Crippen LogP contribution < -0.4 is 15.4 Å². The fraction of sp³-hybridized carbons (Fsp3) is 0.600. The van der Waals surface area contributed by atoms with Gasteiger partial charge >= 0.3 is 0 Å². The second kappa shape index (κ2) is 7.60. The van der Waals surface area contributed by atoms with E-state index in [2.05, 4.69) is 10.6 Å². The molecule has 2 aliphatic heterocycles. The number of fused-ring (bicyclic) bond motifs is 1. The first kappa shape index (κ1) is 20.2. The minimum atomic E-state index is -3.78. The Morgan fingerprint density at radius 2 is 2.07 bits per heavy atom. The zero-order valence-electron chi connectivity index (χ0n) is 16.7. The topological polar surface area (TPSA) is 105 Å². The number of aryl methyl sites for hydroxylation is 1. The number of ether oxygens (including phenoxy) is 1. The van der Waals surface area contributed by atoms with Crippen molar-refractivity contribution in [3.63, 3.8) is 0 Å². The number of rotatable bonds is 5. The molecule has 1 saturated heterocycles. The highest BCUT2D eigenvalue weighted by atomic mass is 32.2. The minimum absolute atomic E-state index is 0.0496. The van der Waals surface area contributed by atoms with E-state index in [0.717, 1.165) is 12.8 Å². The standard InChI is InChI=1S/C20H27N3O5S/c1-3-16-20(25)22-15-9-12(2)18(10-17(15)28-16)29(26,27)23-8-4-5-13(11-23)19(24)21-14-6-7-14/h9-10,13-14,16H,3-8,11H2,1-2H3,(H,21,24)(H,22,25)/t13-,16-/m0/s1.